The first-order valence-electron chi connectivity index (χ1n) is 7.92. The predicted octanol–water partition coefficient (Wildman–Crippen LogP) is 2.88. The van der Waals surface area contributed by atoms with Gasteiger partial charge >= 0.3 is 0 Å². The lowest BCUT2D eigenvalue weighted by Gasteiger charge is -2.06. The van der Waals surface area contributed by atoms with Crippen molar-refractivity contribution in [2.45, 2.75) is 12.8 Å². The standard InChI is InChI=1S/C19H16FN3O2S/c20-15-8-6-14(7-9-15)19(25)23-22-17(24)11-16-12-26-18(21-16)10-13-4-2-1-3-5-13/h1-9,12H,10-11H2,(H,22,24)(H,23,25). The van der Waals surface area contributed by atoms with Crippen molar-refractivity contribution in [1.82, 2.24) is 15.8 Å². The van der Waals surface area contributed by atoms with Gasteiger partial charge in [0.2, 0.25) is 5.91 Å². The maximum Gasteiger partial charge on any atom is 0.269 e. The maximum atomic E-state index is 12.8. The molecule has 0 aliphatic rings. The summed E-state index contributed by atoms with van der Waals surface area (Å²) >= 11 is 1.49. The van der Waals surface area contributed by atoms with Crippen molar-refractivity contribution in [1.29, 1.82) is 0 Å². The number of thiazole rings is 1. The van der Waals surface area contributed by atoms with E-state index in [1.54, 1.807) is 0 Å². The van der Waals surface area contributed by atoms with E-state index in [0.29, 0.717) is 12.1 Å². The topological polar surface area (TPSA) is 71.1 Å². The minimum atomic E-state index is -0.513. The highest BCUT2D eigenvalue weighted by atomic mass is 32.1. The molecule has 0 spiro atoms. The van der Waals surface area contributed by atoms with Crippen molar-refractivity contribution in [2.75, 3.05) is 0 Å². The highest BCUT2D eigenvalue weighted by Gasteiger charge is 2.10. The fourth-order valence-electron chi connectivity index (χ4n) is 2.29. The van der Waals surface area contributed by atoms with E-state index in [1.807, 2.05) is 35.7 Å². The quantitative estimate of drug-likeness (QED) is 0.680. The summed E-state index contributed by atoms with van der Waals surface area (Å²) in [4.78, 5) is 28.3. The number of carbonyl (C=O) groups excluding carboxylic acids is 2. The summed E-state index contributed by atoms with van der Waals surface area (Å²) in [6, 6.07) is 15.0. The number of carbonyl (C=O) groups is 2. The molecule has 0 aliphatic heterocycles. The Labute approximate surface area is 153 Å². The molecule has 26 heavy (non-hydrogen) atoms. The van der Waals surface area contributed by atoms with Gasteiger partial charge < -0.3 is 0 Å². The molecular formula is C19H16FN3O2S. The summed E-state index contributed by atoms with van der Waals surface area (Å²) in [5.74, 6) is -1.32. The lowest BCUT2D eigenvalue weighted by Crippen LogP contribution is -2.42. The van der Waals surface area contributed by atoms with Crippen LogP contribution >= 0.6 is 11.3 Å². The van der Waals surface area contributed by atoms with Crippen LogP contribution in [0.15, 0.2) is 60.0 Å². The molecule has 1 heterocycles. The number of benzene rings is 2. The summed E-state index contributed by atoms with van der Waals surface area (Å²) in [5, 5.41) is 2.76. The van der Waals surface area contributed by atoms with Crippen LogP contribution in [0.3, 0.4) is 0 Å². The van der Waals surface area contributed by atoms with Crippen molar-refractivity contribution in [2.24, 2.45) is 0 Å². The van der Waals surface area contributed by atoms with Gasteiger partial charge in [-0.2, -0.15) is 0 Å². The van der Waals surface area contributed by atoms with E-state index in [1.165, 1.54) is 35.6 Å². The normalized spacial score (nSPS) is 10.3. The molecule has 1 aromatic heterocycles. The summed E-state index contributed by atoms with van der Waals surface area (Å²) in [5.41, 5.74) is 6.69. The predicted molar refractivity (Wildman–Crippen MR) is 97.1 cm³/mol. The van der Waals surface area contributed by atoms with Crippen LogP contribution < -0.4 is 10.9 Å². The number of nitrogens with one attached hydrogen (secondary N) is 2. The van der Waals surface area contributed by atoms with Gasteiger partial charge in [0, 0.05) is 17.4 Å². The van der Waals surface area contributed by atoms with Crippen LogP contribution in [0.4, 0.5) is 4.39 Å². The molecule has 0 bridgehead atoms. The fourth-order valence-corrected chi connectivity index (χ4v) is 3.12. The number of nitrogens with zero attached hydrogens (tertiary/aromatic N) is 1. The van der Waals surface area contributed by atoms with Crippen LogP contribution in [-0.4, -0.2) is 16.8 Å². The number of rotatable bonds is 5. The average Bonchev–Trinajstić information content (AvgIpc) is 3.08. The van der Waals surface area contributed by atoms with E-state index < -0.39 is 11.7 Å². The molecule has 7 heteroatoms. The Kier molecular flexibility index (Phi) is 5.70. The number of hydrogen-bond acceptors (Lipinski definition) is 4. The molecule has 0 unspecified atom stereocenters. The van der Waals surface area contributed by atoms with Gasteiger partial charge in [-0.3, -0.25) is 20.4 Å². The van der Waals surface area contributed by atoms with E-state index in [4.69, 9.17) is 0 Å². The summed E-state index contributed by atoms with van der Waals surface area (Å²) < 4.78 is 12.8. The van der Waals surface area contributed by atoms with E-state index >= 15 is 0 Å². The third kappa shape index (κ3) is 4.97. The zero-order valence-electron chi connectivity index (χ0n) is 13.7. The third-order valence-electron chi connectivity index (χ3n) is 3.56. The van der Waals surface area contributed by atoms with E-state index in [2.05, 4.69) is 15.8 Å². The van der Waals surface area contributed by atoms with Crippen LogP contribution in [0.5, 0.6) is 0 Å². The Balaban J connectivity index is 1.49. The van der Waals surface area contributed by atoms with Crippen molar-refractivity contribution in [3.63, 3.8) is 0 Å². The Bertz CT molecular complexity index is 895. The summed E-state index contributed by atoms with van der Waals surface area (Å²) in [6.45, 7) is 0. The molecule has 0 fully saturated rings. The molecule has 0 saturated carbocycles. The molecule has 132 valence electrons. The van der Waals surface area contributed by atoms with Gasteiger partial charge in [-0.05, 0) is 29.8 Å². The van der Waals surface area contributed by atoms with Crippen molar-refractivity contribution in [3.8, 4) is 0 Å². The lowest BCUT2D eigenvalue weighted by atomic mass is 10.2. The molecule has 2 amide bonds. The number of hydrazine groups is 1. The molecular weight excluding hydrogens is 353 g/mol. The van der Waals surface area contributed by atoms with Crippen LogP contribution in [0.2, 0.25) is 0 Å². The molecule has 0 radical (unpaired) electrons. The number of aromatic nitrogens is 1. The van der Waals surface area contributed by atoms with Gasteiger partial charge in [-0.25, -0.2) is 9.37 Å². The smallest absolute Gasteiger partial charge is 0.269 e. The van der Waals surface area contributed by atoms with Crippen LogP contribution in [0, 0.1) is 5.82 Å². The number of hydrogen-bond donors (Lipinski definition) is 2. The van der Waals surface area contributed by atoms with Gasteiger partial charge in [0.05, 0.1) is 17.1 Å². The molecule has 0 aliphatic carbocycles. The summed E-state index contributed by atoms with van der Waals surface area (Å²) in [7, 11) is 0. The van der Waals surface area contributed by atoms with Gasteiger partial charge in [0.25, 0.3) is 5.91 Å². The van der Waals surface area contributed by atoms with Gasteiger partial charge in [-0.1, -0.05) is 30.3 Å². The van der Waals surface area contributed by atoms with Crippen LogP contribution in [0.25, 0.3) is 0 Å². The Morgan fingerprint density at radius 3 is 2.46 bits per heavy atom. The Hall–Kier alpha value is -3.06. The SMILES string of the molecule is O=C(Cc1csc(Cc2ccccc2)n1)NNC(=O)c1ccc(F)cc1. The number of halogens is 1. The average molecular weight is 369 g/mol. The second kappa shape index (κ2) is 8.35. The molecule has 3 rings (SSSR count). The Morgan fingerprint density at radius 2 is 1.73 bits per heavy atom. The maximum absolute atomic E-state index is 12.8. The van der Waals surface area contributed by atoms with Gasteiger partial charge in [-0.15, -0.1) is 11.3 Å². The van der Waals surface area contributed by atoms with Gasteiger partial charge in [0.15, 0.2) is 0 Å². The molecule has 2 N–H and O–H groups in total. The highest BCUT2D eigenvalue weighted by Crippen LogP contribution is 2.15. The second-order valence-corrected chi connectivity index (χ2v) is 6.52. The van der Waals surface area contributed by atoms with E-state index in [-0.39, 0.29) is 17.9 Å². The zero-order valence-corrected chi connectivity index (χ0v) is 14.6. The van der Waals surface area contributed by atoms with Crippen molar-refractivity contribution < 1.29 is 14.0 Å². The van der Waals surface area contributed by atoms with E-state index in [0.717, 1.165) is 10.6 Å². The zero-order chi connectivity index (χ0) is 18.4. The van der Waals surface area contributed by atoms with Gasteiger partial charge in [0.1, 0.15) is 5.82 Å². The molecule has 5 nitrogen and oxygen atoms in total. The minimum Gasteiger partial charge on any atom is -0.273 e. The third-order valence-corrected chi connectivity index (χ3v) is 4.46. The van der Waals surface area contributed by atoms with Crippen molar-refractivity contribution in [3.05, 3.63) is 87.6 Å². The lowest BCUT2D eigenvalue weighted by molar-refractivity contribution is -0.121. The fraction of sp³-hybridized carbons (Fsp3) is 0.105. The molecule has 2 aromatic carbocycles. The highest BCUT2D eigenvalue weighted by molar-refractivity contribution is 7.09. The first kappa shape index (κ1) is 17.8. The van der Waals surface area contributed by atoms with Crippen molar-refractivity contribution >= 4 is 23.2 Å². The van der Waals surface area contributed by atoms with Crippen LogP contribution in [-0.2, 0) is 17.6 Å². The first-order valence-corrected chi connectivity index (χ1v) is 8.80. The molecule has 3 aromatic rings. The monoisotopic (exact) mass is 369 g/mol. The van der Waals surface area contributed by atoms with E-state index in [9.17, 15) is 14.0 Å². The Morgan fingerprint density at radius 1 is 1.00 bits per heavy atom. The number of amides is 2. The summed E-state index contributed by atoms with van der Waals surface area (Å²) in [6.07, 6.45) is 0.781. The molecule has 0 atom stereocenters. The second-order valence-electron chi connectivity index (χ2n) is 5.58. The largest absolute Gasteiger partial charge is 0.273 e. The minimum absolute atomic E-state index is 0.0645. The van der Waals surface area contributed by atoms with Crippen LogP contribution in [0.1, 0.15) is 26.6 Å². The first-order chi connectivity index (χ1) is 12.6. The molecule has 0 saturated heterocycles.